The summed E-state index contributed by atoms with van der Waals surface area (Å²) in [5.74, 6) is 1.58. The average Bonchev–Trinajstić information content (AvgIpc) is 2.42. The molecule has 4 heteroatoms. The highest BCUT2D eigenvalue weighted by atomic mass is 16.2. The van der Waals surface area contributed by atoms with Gasteiger partial charge < -0.3 is 11.1 Å². The number of hydrogen-bond acceptors (Lipinski definition) is 3. The Hall–Kier alpha value is -0.610. The summed E-state index contributed by atoms with van der Waals surface area (Å²) < 4.78 is 0. The Labute approximate surface area is 117 Å². The molecule has 0 bridgehead atoms. The van der Waals surface area contributed by atoms with E-state index in [1.165, 1.54) is 32.1 Å². The van der Waals surface area contributed by atoms with E-state index < -0.39 is 0 Å². The Bertz CT molecular complexity index is 308. The molecule has 3 N–H and O–H groups in total. The van der Waals surface area contributed by atoms with Crippen molar-refractivity contribution in [3.05, 3.63) is 0 Å². The van der Waals surface area contributed by atoms with Crippen molar-refractivity contribution in [3.63, 3.8) is 0 Å². The van der Waals surface area contributed by atoms with Crippen LogP contribution in [0.15, 0.2) is 0 Å². The van der Waals surface area contributed by atoms with Crippen molar-refractivity contribution in [2.24, 2.45) is 17.6 Å². The summed E-state index contributed by atoms with van der Waals surface area (Å²) >= 11 is 0. The van der Waals surface area contributed by atoms with Crippen LogP contribution in [0.1, 0.15) is 46.0 Å². The molecule has 2 fully saturated rings. The van der Waals surface area contributed by atoms with Gasteiger partial charge in [0, 0.05) is 19.1 Å². The smallest absolute Gasteiger partial charge is 0.237 e. The fraction of sp³-hybridized carbons (Fsp3) is 0.933. The summed E-state index contributed by atoms with van der Waals surface area (Å²) in [7, 11) is 0. The average molecular weight is 267 g/mol. The molecular formula is C15H29N3O. The fourth-order valence-corrected chi connectivity index (χ4v) is 3.90. The normalized spacial score (nSPS) is 37.1. The molecule has 19 heavy (non-hydrogen) atoms. The van der Waals surface area contributed by atoms with Crippen molar-refractivity contribution in [2.75, 3.05) is 19.6 Å². The summed E-state index contributed by atoms with van der Waals surface area (Å²) in [4.78, 5) is 14.3. The van der Waals surface area contributed by atoms with Gasteiger partial charge in [-0.25, -0.2) is 0 Å². The van der Waals surface area contributed by atoms with Gasteiger partial charge in [0.15, 0.2) is 0 Å². The summed E-state index contributed by atoms with van der Waals surface area (Å²) in [6, 6.07) is 0.518. The number of hydrogen-bond donors (Lipinski definition) is 2. The van der Waals surface area contributed by atoms with Crippen LogP contribution in [-0.4, -0.2) is 42.5 Å². The van der Waals surface area contributed by atoms with Crippen molar-refractivity contribution in [2.45, 2.75) is 58.0 Å². The van der Waals surface area contributed by atoms with E-state index >= 15 is 0 Å². The van der Waals surface area contributed by atoms with Crippen LogP contribution in [0.3, 0.4) is 0 Å². The zero-order valence-corrected chi connectivity index (χ0v) is 12.4. The van der Waals surface area contributed by atoms with Crippen molar-refractivity contribution >= 4 is 5.91 Å². The quantitative estimate of drug-likeness (QED) is 0.808. The molecule has 2 rings (SSSR count). The molecule has 1 aliphatic carbocycles. The molecule has 0 aromatic rings. The molecule has 0 radical (unpaired) electrons. The molecule has 0 spiro atoms. The predicted octanol–water partition coefficient (Wildman–Crippen LogP) is 1.35. The largest absolute Gasteiger partial charge is 0.353 e. The van der Waals surface area contributed by atoms with Crippen LogP contribution in [-0.2, 0) is 4.79 Å². The van der Waals surface area contributed by atoms with Crippen LogP contribution >= 0.6 is 0 Å². The van der Waals surface area contributed by atoms with Gasteiger partial charge in [0.1, 0.15) is 0 Å². The first-order valence-corrected chi connectivity index (χ1v) is 7.90. The lowest BCUT2D eigenvalue weighted by Gasteiger charge is -2.46. The van der Waals surface area contributed by atoms with Gasteiger partial charge in [-0.1, -0.05) is 26.2 Å². The number of rotatable bonds is 4. The monoisotopic (exact) mass is 267 g/mol. The molecule has 4 unspecified atom stereocenters. The first kappa shape index (κ1) is 14.8. The third-order valence-electron chi connectivity index (χ3n) is 5.04. The Balaban J connectivity index is 2.06. The van der Waals surface area contributed by atoms with Gasteiger partial charge in [0.25, 0.3) is 0 Å². The van der Waals surface area contributed by atoms with Gasteiger partial charge in [0.2, 0.25) is 5.91 Å². The topological polar surface area (TPSA) is 58.4 Å². The van der Waals surface area contributed by atoms with Gasteiger partial charge in [-0.15, -0.1) is 0 Å². The second-order valence-electron chi connectivity index (χ2n) is 6.24. The molecule has 1 saturated carbocycles. The lowest BCUT2D eigenvalue weighted by atomic mass is 9.75. The van der Waals surface area contributed by atoms with Crippen molar-refractivity contribution < 1.29 is 4.79 Å². The van der Waals surface area contributed by atoms with E-state index in [9.17, 15) is 4.79 Å². The first-order chi connectivity index (χ1) is 9.17. The maximum absolute atomic E-state index is 11.9. The molecule has 2 aliphatic rings. The first-order valence-electron chi connectivity index (χ1n) is 7.90. The lowest BCUT2D eigenvalue weighted by molar-refractivity contribution is -0.130. The maximum atomic E-state index is 11.9. The Morgan fingerprint density at radius 2 is 2.21 bits per heavy atom. The highest BCUT2D eigenvalue weighted by Crippen LogP contribution is 2.35. The van der Waals surface area contributed by atoms with E-state index in [0.29, 0.717) is 12.0 Å². The summed E-state index contributed by atoms with van der Waals surface area (Å²) in [5, 5.41) is 2.96. The second kappa shape index (κ2) is 6.71. The van der Waals surface area contributed by atoms with Crippen molar-refractivity contribution in [1.82, 2.24) is 10.2 Å². The van der Waals surface area contributed by atoms with Gasteiger partial charge in [-0.05, 0) is 38.1 Å². The van der Waals surface area contributed by atoms with Crippen LogP contribution in [0.2, 0.25) is 0 Å². The Morgan fingerprint density at radius 3 is 2.89 bits per heavy atom. The highest BCUT2D eigenvalue weighted by Gasteiger charge is 2.38. The van der Waals surface area contributed by atoms with E-state index in [1.54, 1.807) is 0 Å². The summed E-state index contributed by atoms with van der Waals surface area (Å²) in [5.41, 5.74) is 5.97. The Morgan fingerprint density at radius 1 is 1.42 bits per heavy atom. The molecule has 110 valence electrons. The number of piperazine rings is 1. The minimum absolute atomic E-state index is 0.00757. The lowest BCUT2D eigenvalue weighted by Crippen LogP contribution is -2.60. The van der Waals surface area contributed by atoms with Crippen LogP contribution in [0.4, 0.5) is 0 Å². The molecule has 0 aromatic heterocycles. The van der Waals surface area contributed by atoms with Gasteiger partial charge in [-0.3, -0.25) is 9.69 Å². The van der Waals surface area contributed by atoms with E-state index in [4.69, 9.17) is 5.73 Å². The van der Waals surface area contributed by atoms with E-state index in [1.807, 2.05) is 6.92 Å². The second-order valence-corrected chi connectivity index (χ2v) is 6.24. The molecule has 4 nitrogen and oxygen atoms in total. The van der Waals surface area contributed by atoms with Crippen LogP contribution in [0.25, 0.3) is 0 Å². The molecule has 4 atom stereocenters. The third kappa shape index (κ3) is 3.29. The minimum atomic E-state index is 0.00757. The summed E-state index contributed by atoms with van der Waals surface area (Å²) in [6.45, 7) is 6.82. The summed E-state index contributed by atoms with van der Waals surface area (Å²) in [6.07, 6.45) is 6.37. The SMILES string of the molecule is CCCC1CCC(CN)C(N2CCNC(=O)C2C)C1. The van der Waals surface area contributed by atoms with Crippen LogP contribution in [0, 0.1) is 11.8 Å². The van der Waals surface area contributed by atoms with Crippen molar-refractivity contribution in [1.29, 1.82) is 0 Å². The van der Waals surface area contributed by atoms with Crippen molar-refractivity contribution in [3.8, 4) is 0 Å². The number of amides is 1. The zero-order valence-electron chi connectivity index (χ0n) is 12.4. The minimum Gasteiger partial charge on any atom is -0.353 e. The fourth-order valence-electron chi connectivity index (χ4n) is 3.90. The van der Waals surface area contributed by atoms with E-state index in [-0.39, 0.29) is 11.9 Å². The number of carbonyl (C=O) groups excluding carboxylic acids is 1. The maximum Gasteiger partial charge on any atom is 0.237 e. The van der Waals surface area contributed by atoms with Gasteiger partial charge in [0.05, 0.1) is 6.04 Å². The van der Waals surface area contributed by atoms with Gasteiger partial charge in [-0.2, -0.15) is 0 Å². The molecule has 1 amide bonds. The number of nitrogens with one attached hydrogen (secondary N) is 1. The highest BCUT2D eigenvalue weighted by molar-refractivity contribution is 5.82. The molecule has 1 heterocycles. The third-order valence-corrected chi connectivity index (χ3v) is 5.04. The predicted molar refractivity (Wildman–Crippen MR) is 77.8 cm³/mol. The van der Waals surface area contributed by atoms with Gasteiger partial charge >= 0.3 is 0 Å². The molecule has 0 aromatic carbocycles. The zero-order chi connectivity index (χ0) is 13.8. The van der Waals surface area contributed by atoms with E-state index in [0.717, 1.165) is 25.6 Å². The van der Waals surface area contributed by atoms with Crippen LogP contribution < -0.4 is 11.1 Å². The Kier molecular flexibility index (Phi) is 5.22. The molecular weight excluding hydrogens is 238 g/mol. The molecule has 1 aliphatic heterocycles. The standard InChI is InChI=1S/C15H29N3O/c1-3-4-12-5-6-13(10-16)14(9-12)18-8-7-17-15(19)11(18)2/h11-14H,3-10,16H2,1-2H3,(H,17,19). The number of nitrogens with zero attached hydrogens (tertiary/aromatic N) is 1. The van der Waals surface area contributed by atoms with Crippen LogP contribution in [0.5, 0.6) is 0 Å². The number of carbonyl (C=O) groups is 1. The number of nitrogens with two attached hydrogens (primary N) is 1. The molecule has 1 saturated heterocycles. The van der Waals surface area contributed by atoms with E-state index in [2.05, 4.69) is 17.1 Å².